The molecule has 3 unspecified atom stereocenters. The molecule has 3 rings (SSSR count). The first-order valence-electron chi connectivity index (χ1n) is 10.9. The Hall–Kier alpha value is -1.59. The Morgan fingerprint density at radius 2 is 1.96 bits per heavy atom. The summed E-state index contributed by atoms with van der Waals surface area (Å²) in [6.45, 7) is 7.33. The number of likely N-dealkylation sites (tertiary alicyclic amines) is 1. The standard InChI is InChI=1S/C23H36N2O3/c1-18-7-6-13-23(17-18,27-3)22(26)24-20-9-11-21(12-10-20)28-16-15-25-14-5-4-8-19(25)2/h9-12,18-19H,4-8,13-17H2,1-3H3,(H,24,26). The van der Waals surface area contributed by atoms with Gasteiger partial charge in [-0.05, 0) is 75.8 Å². The molecule has 28 heavy (non-hydrogen) atoms. The summed E-state index contributed by atoms with van der Waals surface area (Å²) in [6, 6.07) is 8.33. The zero-order chi connectivity index (χ0) is 20.0. The molecule has 1 aromatic carbocycles. The van der Waals surface area contributed by atoms with Crippen molar-refractivity contribution in [3.63, 3.8) is 0 Å². The van der Waals surface area contributed by atoms with Gasteiger partial charge >= 0.3 is 0 Å². The maximum Gasteiger partial charge on any atom is 0.256 e. The number of methoxy groups -OCH3 is 1. The molecule has 0 radical (unpaired) electrons. The van der Waals surface area contributed by atoms with Crippen molar-refractivity contribution in [2.45, 2.75) is 70.4 Å². The number of hydrogen-bond acceptors (Lipinski definition) is 4. The van der Waals surface area contributed by atoms with Gasteiger partial charge in [-0.25, -0.2) is 0 Å². The Labute approximate surface area is 169 Å². The van der Waals surface area contributed by atoms with E-state index < -0.39 is 5.60 Å². The minimum absolute atomic E-state index is 0.0331. The first-order valence-corrected chi connectivity index (χ1v) is 10.9. The fourth-order valence-electron chi connectivity index (χ4n) is 4.64. The monoisotopic (exact) mass is 388 g/mol. The smallest absolute Gasteiger partial charge is 0.256 e. The highest BCUT2D eigenvalue weighted by atomic mass is 16.5. The van der Waals surface area contributed by atoms with E-state index in [-0.39, 0.29) is 5.91 Å². The maximum absolute atomic E-state index is 12.9. The van der Waals surface area contributed by atoms with E-state index in [1.807, 2.05) is 24.3 Å². The number of nitrogens with zero attached hydrogens (tertiary/aromatic N) is 1. The minimum atomic E-state index is -0.696. The van der Waals surface area contributed by atoms with Crippen LogP contribution < -0.4 is 10.1 Å². The SMILES string of the molecule is COC1(C(=O)Nc2ccc(OCCN3CCCCC3C)cc2)CCCC(C)C1. The van der Waals surface area contributed by atoms with Crippen molar-refractivity contribution in [3.05, 3.63) is 24.3 Å². The minimum Gasteiger partial charge on any atom is -0.492 e. The van der Waals surface area contributed by atoms with Gasteiger partial charge in [0.1, 0.15) is 18.0 Å². The van der Waals surface area contributed by atoms with Crippen LogP contribution >= 0.6 is 0 Å². The van der Waals surface area contributed by atoms with Gasteiger partial charge in [0.2, 0.25) is 0 Å². The van der Waals surface area contributed by atoms with Crippen LogP contribution in [0.4, 0.5) is 5.69 Å². The highest BCUT2D eigenvalue weighted by molar-refractivity contribution is 5.97. The number of anilines is 1. The van der Waals surface area contributed by atoms with Crippen LogP contribution in [0.3, 0.4) is 0 Å². The van der Waals surface area contributed by atoms with Gasteiger partial charge in [-0.2, -0.15) is 0 Å². The van der Waals surface area contributed by atoms with Crippen LogP contribution in [-0.4, -0.2) is 49.3 Å². The molecular weight excluding hydrogens is 352 g/mol. The zero-order valence-electron chi connectivity index (χ0n) is 17.7. The number of carbonyl (C=O) groups is 1. The Morgan fingerprint density at radius 3 is 2.64 bits per heavy atom. The van der Waals surface area contributed by atoms with Crippen molar-refractivity contribution in [3.8, 4) is 5.75 Å². The second kappa shape index (κ2) is 9.75. The molecule has 156 valence electrons. The van der Waals surface area contributed by atoms with Crippen molar-refractivity contribution in [1.29, 1.82) is 0 Å². The molecule has 1 heterocycles. The molecule has 1 aromatic rings. The number of amides is 1. The molecule has 0 aromatic heterocycles. The van der Waals surface area contributed by atoms with Gasteiger partial charge in [-0.1, -0.05) is 19.8 Å². The number of piperidine rings is 1. The lowest BCUT2D eigenvalue weighted by atomic mass is 9.78. The van der Waals surface area contributed by atoms with E-state index >= 15 is 0 Å². The van der Waals surface area contributed by atoms with E-state index in [0.717, 1.165) is 37.2 Å². The first-order chi connectivity index (χ1) is 13.5. The molecule has 1 saturated carbocycles. The molecular formula is C23H36N2O3. The summed E-state index contributed by atoms with van der Waals surface area (Å²) in [5, 5.41) is 3.04. The topological polar surface area (TPSA) is 50.8 Å². The summed E-state index contributed by atoms with van der Waals surface area (Å²) in [5.41, 5.74) is 0.0921. The van der Waals surface area contributed by atoms with Crippen LogP contribution in [0.15, 0.2) is 24.3 Å². The van der Waals surface area contributed by atoms with E-state index in [1.165, 1.54) is 32.2 Å². The third-order valence-electron chi connectivity index (χ3n) is 6.46. The lowest BCUT2D eigenvalue weighted by molar-refractivity contribution is -0.143. The number of carbonyl (C=O) groups excluding carboxylic acids is 1. The predicted molar refractivity (Wildman–Crippen MR) is 113 cm³/mol. The van der Waals surface area contributed by atoms with Gasteiger partial charge in [0, 0.05) is 25.4 Å². The average Bonchev–Trinajstić information content (AvgIpc) is 2.70. The lowest BCUT2D eigenvalue weighted by Crippen LogP contribution is -2.47. The normalized spacial score (nSPS) is 28.7. The van der Waals surface area contributed by atoms with Gasteiger partial charge in [-0.3, -0.25) is 9.69 Å². The second-order valence-electron chi connectivity index (χ2n) is 8.61. The quantitative estimate of drug-likeness (QED) is 0.748. The summed E-state index contributed by atoms with van der Waals surface area (Å²) in [4.78, 5) is 15.4. The summed E-state index contributed by atoms with van der Waals surface area (Å²) >= 11 is 0. The molecule has 2 aliphatic rings. The number of benzene rings is 1. The summed E-state index contributed by atoms with van der Waals surface area (Å²) in [6.07, 6.45) is 7.69. The number of hydrogen-bond donors (Lipinski definition) is 1. The van der Waals surface area contributed by atoms with Crippen molar-refractivity contribution in [2.24, 2.45) is 5.92 Å². The number of rotatable bonds is 7. The summed E-state index contributed by atoms with van der Waals surface area (Å²) in [5.74, 6) is 1.32. The first kappa shape index (κ1) is 21.1. The summed E-state index contributed by atoms with van der Waals surface area (Å²) in [7, 11) is 1.65. The highest BCUT2D eigenvalue weighted by Gasteiger charge is 2.41. The average molecular weight is 389 g/mol. The van der Waals surface area contributed by atoms with Crippen LogP contribution in [0.5, 0.6) is 5.75 Å². The Balaban J connectivity index is 1.49. The molecule has 1 N–H and O–H groups in total. The van der Waals surface area contributed by atoms with E-state index in [1.54, 1.807) is 7.11 Å². The second-order valence-corrected chi connectivity index (χ2v) is 8.61. The fourth-order valence-corrected chi connectivity index (χ4v) is 4.64. The van der Waals surface area contributed by atoms with Gasteiger partial charge in [0.15, 0.2) is 0 Å². The van der Waals surface area contributed by atoms with Crippen LogP contribution in [0.1, 0.15) is 58.8 Å². The van der Waals surface area contributed by atoms with Gasteiger partial charge < -0.3 is 14.8 Å². The predicted octanol–water partition coefficient (Wildman–Crippen LogP) is 4.47. The zero-order valence-corrected chi connectivity index (χ0v) is 17.7. The van der Waals surface area contributed by atoms with Crippen LogP contribution in [-0.2, 0) is 9.53 Å². The molecule has 5 heteroatoms. The molecule has 1 saturated heterocycles. The largest absolute Gasteiger partial charge is 0.492 e. The number of ether oxygens (including phenoxy) is 2. The lowest BCUT2D eigenvalue weighted by Gasteiger charge is -2.37. The molecule has 1 amide bonds. The van der Waals surface area contributed by atoms with E-state index in [4.69, 9.17) is 9.47 Å². The highest BCUT2D eigenvalue weighted by Crippen LogP contribution is 2.35. The molecule has 1 aliphatic heterocycles. The van der Waals surface area contributed by atoms with E-state index in [9.17, 15) is 4.79 Å². The van der Waals surface area contributed by atoms with E-state index in [2.05, 4.69) is 24.1 Å². The Morgan fingerprint density at radius 1 is 1.18 bits per heavy atom. The van der Waals surface area contributed by atoms with Crippen LogP contribution in [0, 0.1) is 5.92 Å². The fraction of sp³-hybridized carbons (Fsp3) is 0.696. The molecule has 0 bridgehead atoms. The van der Waals surface area contributed by atoms with Gasteiger partial charge in [0.05, 0.1) is 0 Å². The Kier molecular flexibility index (Phi) is 7.36. The third-order valence-corrected chi connectivity index (χ3v) is 6.46. The summed E-state index contributed by atoms with van der Waals surface area (Å²) < 4.78 is 11.6. The molecule has 5 nitrogen and oxygen atoms in total. The Bertz CT molecular complexity index is 633. The van der Waals surface area contributed by atoms with Gasteiger partial charge in [-0.15, -0.1) is 0 Å². The number of nitrogens with one attached hydrogen (secondary N) is 1. The van der Waals surface area contributed by atoms with Crippen molar-refractivity contribution >= 4 is 11.6 Å². The maximum atomic E-state index is 12.9. The van der Waals surface area contributed by atoms with Crippen LogP contribution in [0.25, 0.3) is 0 Å². The van der Waals surface area contributed by atoms with Crippen molar-refractivity contribution < 1.29 is 14.3 Å². The third kappa shape index (κ3) is 5.26. The van der Waals surface area contributed by atoms with E-state index in [0.29, 0.717) is 18.6 Å². The molecule has 3 atom stereocenters. The molecule has 0 spiro atoms. The van der Waals surface area contributed by atoms with Crippen molar-refractivity contribution in [2.75, 3.05) is 32.1 Å². The van der Waals surface area contributed by atoms with Gasteiger partial charge in [0.25, 0.3) is 5.91 Å². The molecule has 2 fully saturated rings. The molecule has 1 aliphatic carbocycles. The van der Waals surface area contributed by atoms with Crippen molar-refractivity contribution in [1.82, 2.24) is 4.90 Å². The van der Waals surface area contributed by atoms with Crippen LogP contribution in [0.2, 0.25) is 0 Å².